The van der Waals surface area contributed by atoms with Crippen molar-refractivity contribution in [3.05, 3.63) is 65.2 Å². The zero-order valence-corrected chi connectivity index (χ0v) is 16.6. The SMILES string of the molecule is COc1ccc2c(c1)CCC1[C@@H](Cc3ccccc3)NC[C@@H]21.CS(=O)(=O)O. The maximum absolute atomic E-state index is 9.19. The second-order valence-electron chi connectivity index (χ2n) is 7.31. The normalized spacial score (nSPS) is 23.6. The van der Waals surface area contributed by atoms with Crippen LogP contribution >= 0.6 is 0 Å². The molecule has 3 atom stereocenters. The van der Waals surface area contributed by atoms with E-state index in [4.69, 9.17) is 9.29 Å². The minimum Gasteiger partial charge on any atom is -0.497 e. The van der Waals surface area contributed by atoms with Gasteiger partial charge in [-0.15, -0.1) is 0 Å². The van der Waals surface area contributed by atoms with Gasteiger partial charge in [-0.1, -0.05) is 36.4 Å². The first kappa shape index (κ1) is 19.9. The van der Waals surface area contributed by atoms with Crippen molar-refractivity contribution in [2.75, 3.05) is 19.9 Å². The molecule has 1 aliphatic heterocycles. The molecule has 1 saturated heterocycles. The van der Waals surface area contributed by atoms with Crippen molar-refractivity contribution in [3.8, 4) is 5.75 Å². The molecule has 0 aromatic heterocycles. The molecule has 0 amide bonds. The van der Waals surface area contributed by atoms with Crippen LogP contribution < -0.4 is 10.1 Å². The van der Waals surface area contributed by atoms with Crippen molar-refractivity contribution in [1.82, 2.24) is 5.32 Å². The molecule has 146 valence electrons. The number of hydrogen-bond donors (Lipinski definition) is 2. The molecule has 1 fully saturated rings. The molecule has 2 aromatic carbocycles. The molecule has 6 heteroatoms. The zero-order chi connectivity index (χ0) is 19.4. The highest BCUT2D eigenvalue weighted by Crippen LogP contribution is 2.42. The lowest BCUT2D eigenvalue weighted by Gasteiger charge is -2.31. The third kappa shape index (κ3) is 5.31. The molecule has 0 bridgehead atoms. The van der Waals surface area contributed by atoms with Crippen LogP contribution in [0.4, 0.5) is 0 Å². The third-order valence-corrected chi connectivity index (χ3v) is 5.43. The average Bonchev–Trinajstić information content (AvgIpc) is 3.04. The molecule has 1 heterocycles. The van der Waals surface area contributed by atoms with Crippen LogP contribution in [-0.2, 0) is 23.0 Å². The Bertz CT molecular complexity index is 859. The van der Waals surface area contributed by atoms with E-state index in [0.717, 1.165) is 24.6 Å². The minimum absolute atomic E-state index is 0.614. The summed E-state index contributed by atoms with van der Waals surface area (Å²) in [6.07, 6.45) is 4.33. The summed E-state index contributed by atoms with van der Waals surface area (Å²) in [5.41, 5.74) is 4.48. The Morgan fingerprint density at radius 2 is 1.89 bits per heavy atom. The van der Waals surface area contributed by atoms with Crippen LogP contribution in [0.5, 0.6) is 5.75 Å². The smallest absolute Gasteiger partial charge is 0.261 e. The topological polar surface area (TPSA) is 75.6 Å². The first-order valence-corrected chi connectivity index (χ1v) is 11.1. The summed E-state index contributed by atoms with van der Waals surface area (Å²) >= 11 is 0. The Morgan fingerprint density at radius 1 is 1.19 bits per heavy atom. The predicted molar refractivity (Wildman–Crippen MR) is 107 cm³/mol. The van der Waals surface area contributed by atoms with Gasteiger partial charge in [-0.2, -0.15) is 8.42 Å². The molecular weight excluding hydrogens is 362 g/mol. The van der Waals surface area contributed by atoms with Gasteiger partial charge in [0.1, 0.15) is 5.75 Å². The van der Waals surface area contributed by atoms with Gasteiger partial charge in [-0.3, -0.25) is 4.55 Å². The van der Waals surface area contributed by atoms with Gasteiger partial charge in [0, 0.05) is 18.5 Å². The van der Waals surface area contributed by atoms with Crippen LogP contribution in [-0.4, -0.2) is 38.9 Å². The maximum Gasteiger partial charge on any atom is 0.261 e. The van der Waals surface area contributed by atoms with Gasteiger partial charge >= 0.3 is 0 Å². The van der Waals surface area contributed by atoms with E-state index in [1.54, 1.807) is 12.7 Å². The number of fused-ring (bicyclic) bond motifs is 3. The van der Waals surface area contributed by atoms with Crippen LogP contribution in [0.1, 0.15) is 29.0 Å². The second-order valence-corrected chi connectivity index (χ2v) is 8.78. The predicted octanol–water partition coefficient (Wildman–Crippen LogP) is 3.06. The van der Waals surface area contributed by atoms with Crippen LogP contribution in [0, 0.1) is 5.92 Å². The Kier molecular flexibility index (Phi) is 6.19. The molecule has 2 aromatic rings. The standard InChI is InChI=1S/C20H23NO.CH4O3S/c1-22-16-8-10-17-15(12-16)7-9-18-19(17)13-21-20(18)11-14-5-3-2-4-6-14;1-5(2,3)4/h2-6,8,10,12,18-21H,7,9,11,13H2,1H3;1H3,(H,2,3,4)/t18?,19-,20+;/m0./s1. The van der Waals surface area contributed by atoms with Gasteiger partial charge in [-0.25, -0.2) is 0 Å². The van der Waals surface area contributed by atoms with Crippen molar-refractivity contribution in [2.45, 2.75) is 31.2 Å². The summed E-state index contributed by atoms with van der Waals surface area (Å²) in [4.78, 5) is 0. The highest BCUT2D eigenvalue weighted by Gasteiger charge is 2.39. The number of methoxy groups -OCH3 is 1. The molecule has 0 radical (unpaired) electrons. The first-order chi connectivity index (χ1) is 12.8. The summed E-state index contributed by atoms with van der Waals surface area (Å²) in [7, 11) is -1.92. The van der Waals surface area contributed by atoms with E-state index in [2.05, 4.69) is 53.8 Å². The van der Waals surface area contributed by atoms with E-state index in [9.17, 15) is 8.42 Å². The summed E-state index contributed by atoms with van der Waals surface area (Å²) in [5, 5.41) is 3.79. The highest BCUT2D eigenvalue weighted by atomic mass is 32.2. The van der Waals surface area contributed by atoms with Gasteiger partial charge in [0.2, 0.25) is 0 Å². The fourth-order valence-electron chi connectivity index (χ4n) is 4.31. The monoisotopic (exact) mass is 389 g/mol. The number of rotatable bonds is 3. The van der Waals surface area contributed by atoms with Crippen molar-refractivity contribution in [1.29, 1.82) is 0 Å². The van der Waals surface area contributed by atoms with Crippen molar-refractivity contribution in [3.63, 3.8) is 0 Å². The molecule has 0 spiro atoms. The second kappa shape index (κ2) is 8.42. The van der Waals surface area contributed by atoms with E-state index in [1.807, 2.05) is 0 Å². The Hall–Kier alpha value is -1.89. The molecule has 2 N–H and O–H groups in total. The summed E-state index contributed by atoms with van der Waals surface area (Å²) in [6, 6.07) is 18.1. The number of nitrogens with one attached hydrogen (secondary N) is 1. The highest BCUT2D eigenvalue weighted by molar-refractivity contribution is 7.85. The lowest BCUT2D eigenvalue weighted by Crippen LogP contribution is -2.31. The molecule has 1 unspecified atom stereocenters. The van der Waals surface area contributed by atoms with Crippen LogP contribution in [0.25, 0.3) is 0 Å². The van der Waals surface area contributed by atoms with E-state index in [1.165, 1.54) is 24.0 Å². The zero-order valence-electron chi connectivity index (χ0n) is 15.8. The quantitative estimate of drug-likeness (QED) is 0.789. The third-order valence-electron chi connectivity index (χ3n) is 5.43. The summed E-state index contributed by atoms with van der Waals surface area (Å²) in [6.45, 7) is 1.11. The van der Waals surface area contributed by atoms with Crippen LogP contribution in [0.2, 0.25) is 0 Å². The Labute approximate surface area is 161 Å². The van der Waals surface area contributed by atoms with Crippen LogP contribution in [0.15, 0.2) is 48.5 Å². The number of aryl methyl sites for hydroxylation is 1. The van der Waals surface area contributed by atoms with Crippen molar-refractivity contribution >= 4 is 10.1 Å². The maximum atomic E-state index is 9.19. The lowest BCUT2D eigenvalue weighted by molar-refractivity contribution is 0.370. The van der Waals surface area contributed by atoms with E-state index in [-0.39, 0.29) is 0 Å². The van der Waals surface area contributed by atoms with Gasteiger partial charge < -0.3 is 10.1 Å². The van der Waals surface area contributed by atoms with E-state index < -0.39 is 10.1 Å². The van der Waals surface area contributed by atoms with Gasteiger partial charge in [0.25, 0.3) is 10.1 Å². The van der Waals surface area contributed by atoms with E-state index in [0.29, 0.717) is 18.2 Å². The van der Waals surface area contributed by atoms with Crippen molar-refractivity contribution in [2.24, 2.45) is 5.92 Å². The van der Waals surface area contributed by atoms with Gasteiger partial charge in [-0.05, 0) is 54.0 Å². The van der Waals surface area contributed by atoms with E-state index >= 15 is 0 Å². The molecule has 0 saturated carbocycles. The summed E-state index contributed by atoms with van der Waals surface area (Å²) in [5.74, 6) is 2.42. The molecule has 1 aliphatic carbocycles. The number of hydrogen-bond acceptors (Lipinski definition) is 4. The molecule has 2 aliphatic rings. The van der Waals surface area contributed by atoms with Crippen molar-refractivity contribution < 1.29 is 17.7 Å². The fourth-order valence-corrected chi connectivity index (χ4v) is 4.31. The Balaban J connectivity index is 0.000000376. The number of benzene rings is 2. The van der Waals surface area contributed by atoms with Gasteiger partial charge in [0.15, 0.2) is 0 Å². The lowest BCUT2D eigenvalue weighted by atomic mass is 9.73. The average molecular weight is 390 g/mol. The molecule has 5 nitrogen and oxygen atoms in total. The molecule has 4 rings (SSSR count). The molecular formula is C21H27NO4S. The largest absolute Gasteiger partial charge is 0.497 e. The number of ether oxygens (including phenoxy) is 1. The molecule has 27 heavy (non-hydrogen) atoms. The Morgan fingerprint density at radius 3 is 2.56 bits per heavy atom. The fraction of sp³-hybridized carbons (Fsp3) is 0.429. The minimum atomic E-state index is -3.67. The van der Waals surface area contributed by atoms with Gasteiger partial charge in [0.05, 0.1) is 13.4 Å². The first-order valence-electron chi connectivity index (χ1n) is 9.21. The van der Waals surface area contributed by atoms with Crippen LogP contribution in [0.3, 0.4) is 0 Å². The summed E-state index contributed by atoms with van der Waals surface area (Å²) < 4.78 is 31.2.